The Morgan fingerprint density at radius 1 is 1.20 bits per heavy atom. The molecule has 1 N–H and O–H groups in total. The van der Waals surface area contributed by atoms with Crippen molar-refractivity contribution in [3.63, 3.8) is 0 Å². The number of hydrogen-bond acceptors (Lipinski definition) is 2. The SMILES string of the molecule is CC1CCC(C(=O)N(CCO)Cc2ccccc2)CC1. The summed E-state index contributed by atoms with van der Waals surface area (Å²) < 4.78 is 0. The molecule has 0 atom stereocenters. The first-order valence-electron chi connectivity index (χ1n) is 7.64. The van der Waals surface area contributed by atoms with Crippen LogP contribution in [0.15, 0.2) is 30.3 Å². The number of hydrogen-bond donors (Lipinski definition) is 1. The minimum atomic E-state index is 0.0295. The zero-order chi connectivity index (χ0) is 14.4. The Hall–Kier alpha value is -1.35. The number of nitrogens with zero attached hydrogens (tertiary/aromatic N) is 1. The smallest absolute Gasteiger partial charge is 0.226 e. The molecule has 1 aliphatic carbocycles. The number of amides is 1. The molecule has 1 amide bonds. The summed E-state index contributed by atoms with van der Waals surface area (Å²) in [6, 6.07) is 10.0. The fourth-order valence-corrected chi connectivity index (χ4v) is 2.96. The highest BCUT2D eigenvalue weighted by Crippen LogP contribution is 2.29. The van der Waals surface area contributed by atoms with Crippen LogP contribution in [0.1, 0.15) is 38.2 Å². The first kappa shape index (κ1) is 15.0. The van der Waals surface area contributed by atoms with E-state index in [9.17, 15) is 9.90 Å². The molecule has 0 aromatic heterocycles. The summed E-state index contributed by atoms with van der Waals surface area (Å²) in [6.07, 6.45) is 4.29. The molecule has 0 radical (unpaired) electrons. The lowest BCUT2D eigenvalue weighted by molar-refractivity contribution is -0.138. The van der Waals surface area contributed by atoms with Gasteiger partial charge in [-0.3, -0.25) is 4.79 Å². The third-order valence-electron chi connectivity index (χ3n) is 4.26. The first-order chi connectivity index (χ1) is 9.70. The Balaban J connectivity index is 1.98. The van der Waals surface area contributed by atoms with E-state index in [0.717, 1.165) is 37.2 Å². The summed E-state index contributed by atoms with van der Waals surface area (Å²) in [6.45, 7) is 3.32. The molecule has 1 fully saturated rings. The van der Waals surface area contributed by atoms with Crippen LogP contribution in [-0.2, 0) is 11.3 Å². The van der Waals surface area contributed by atoms with Crippen LogP contribution < -0.4 is 0 Å². The van der Waals surface area contributed by atoms with Gasteiger partial charge in [0.1, 0.15) is 0 Å². The Morgan fingerprint density at radius 2 is 1.85 bits per heavy atom. The van der Waals surface area contributed by atoms with Crippen LogP contribution in [0.3, 0.4) is 0 Å². The molecule has 3 heteroatoms. The average molecular weight is 275 g/mol. The van der Waals surface area contributed by atoms with E-state index in [1.807, 2.05) is 35.2 Å². The summed E-state index contributed by atoms with van der Waals surface area (Å²) in [7, 11) is 0. The van der Waals surface area contributed by atoms with Gasteiger partial charge in [0, 0.05) is 19.0 Å². The lowest BCUT2D eigenvalue weighted by Crippen LogP contribution is -2.38. The second-order valence-corrected chi connectivity index (χ2v) is 5.93. The Kier molecular flexibility index (Phi) is 5.60. The van der Waals surface area contributed by atoms with Crippen LogP contribution in [0.5, 0.6) is 0 Å². The van der Waals surface area contributed by atoms with Crippen molar-refractivity contribution in [1.82, 2.24) is 4.90 Å². The zero-order valence-electron chi connectivity index (χ0n) is 12.3. The number of aliphatic hydroxyl groups is 1. The van der Waals surface area contributed by atoms with Gasteiger partial charge in [-0.25, -0.2) is 0 Å². The van der Waals surface area contributed by atoms with Gasteiger partial charge in [0.2, 0.25) is 5.91 Å². The van der Waals surface area contributed by atoms with Gasteiger partial charge in [0.05, 0.1) is 6.61 Å². The van der Waals surface area contributed by atoms with Gasteiger partial charge in [-0.1, -0.05) is 37.3 Å². The molecule has 1 aliphatic rings. The summed E-state index contributed by atoms with van der Waals surface area (Å²) in [4.78, 5) is 14.4. The molecule has 1 aromatic rings. The van der Waals surface area contributed by atoms with Crippen molar-refractivity contribution < 1.29 is 9.90 Å². The van der Waals surface area contributed by atoms with E-state index >= 15 is 0 Å². The van der Waals surface area contributed by atoms with Crippen molar-refractivity contribution in [3.05, 3.63) is 35.9 Å². The molecular weight excluding hydrogens is 250 g/mol. The highest BCUT2D eigenvalue weighted by atomic mass is 16.3. The monoisotopic (exact) mass is 275 g/mol. The van der Waals surface area contributed by atoms with E-state index in [1.54, 1.807) is 0 Å². The second-order valence-electron chi connectivity index (χ2n) is 5.93. The van der Waals surface area contributed by atoms with Gasteiger partial charge in [-0.2, -0.15) is 0 Å². The lowest BCUT2D eigenvalue weighted by Gasteiger charge is -2.31. The van der Waals surface area contributed by atoms with Crippen LogP contribution in [0, 0.1) is 11.8 Å². The van der Waals surface area contributed by atoms with E-state index in [-0.39, 0.29) is 18.4 Å². The molecule has 0 saturated heterocycles. The number of aliphatic hydroxyl groups excluding tert-OH is 1. The molecule has 0 bridgehead atoms. The fraction of sp³-hybridized carbons (Fsp3) is 0.588. The van der Waals surface area contributed by atoms with Crippen LogP contribution in [0.2, 0.25) is 0 Å². The number of carbonyl (C=O) groups excluding carboxylic acids is 1. The van der Waals surface area contributed by atoms with Crippen LogP contribution in [-0.4, -0.2) is 29.1 Å². The van der Waals surface area contributed by atoms with Crippen molar-refractivity contribution in [2.75, 3.05) is 13.2 Å². The highest BCUT2D eigenvalue weighted by Gasteiger charge is 2.27. The molecule has 110 valence electrons. The molecule has 3 nitrogen and oxygen atoms in total. The third kappa shape index (κ3) is 4.07. The number of carbonyl (C=O) groups is 1. The molecule has 0 spiro atoms. The topological polar surface area (TPSA) is 40.5 Å². The molecule has 1 saturated carbocycles. The van der Waals surface area contributed by atoms with Crippen molar-refractivity contribution in [1.29, 1.82) is 0 Å². The molecule has 0 aliphatic heterocycles. The van der Waals surface area contributed by atoms with E-state index in [0.29, 0.717) is 13.1 Å². The lowest BCUT2D eigenvalue weighted by atomic mass is 9.82. The average Bonchev–Trinajstić information content (AvgIpc) is 2.48. The predicted octanol–water partition coefficient (Wildman–Crippen LogP) is 2.83. The summed E-state index contributed by atoms with van der Waals surface area (Å²) >= 11 is 0. The van der Waals surface area contributed by atoms with Gasteiger partial charge >= 0.3 is 0 Å². The summed E-state index contributed by atoms with van der Waals surface area (Å²) in [5.74, 6) is 1.12. The van der Waals surface area contributed by atoms with E-state index in [4.69, 9.17) is 0 Å². The maximum absolute atomic E-state index is 12.6. The summed E-state index contributed by atoms with van der Waals surface area (Å²) in [5, 5.41) is 9.21. The maximum Gasteiger partial charge on any atom is 0.226 e. The first-order valence-corrected chi connectivity index (χ1v) is 7.64. The fourth-order valence-electron chi connectivity index (χ4n) is 2.96. The van der Waals surface area contributed by atoms with Crippen LogP contribution >= 0.6 is 0 Å². The second kappa shape index (κ2) is 7.44. The van der Waals surface area contributed by atoms with Gasteiger partial charge in [0.15, 0.2) is 0 Å². The van der Waals surface area contributed by atoms with Gasteiger partial charge < -0.3 is 10.0 Å². The Morgan fingerprint density at radius 3 is 2.45 bits per heavy atom. The van der Waals surface area contributed by atoms with Gasteiger partial charge in [-0.15, -0.1) is 0 Å². The van der Waals surface area contributed by atoms with Crippen molar-refractivity contribution in [3.8, 4) is 0 Å². The Labute approximate surface area is 121 Å². The largest absolute Gasteiger partial charge is 0.395 e. The molecule has 20 heavy (non-hydrogen) atoms. The quantitative estimate of drug-likeness (QED) is 0.897. The van der Waals surface area contributed by atoms with Crippen molar-refractivity contribution in [2.24, 2.45) is 11.8 Å². The predicted molar refractivity (Wildman–Crippen MR) is 80.1 cm³/mol. The Bertz CT molecular complexity index is 410. The van der Waals surface area contributed by atoms with E-state index < -0.39 is 0 Å². The van der Waals surface area contributed by atoms with Gasteiger partial charge in [0.25, 0.3) is 0 Å². The number of rotatable bonds is 5. The van der Waals surface area contributed by atoms with Crippen molar-refractivity contribution in [2.45, 2.75) is 39.2 Å². The highest BCUT2D eigenvalue weighted by molar-refractivity contribution is 5.79. The van der Waals surface area contributed by atoms with Crippen LogP contribution in [0.4, 0.5) is 0 Å². The van der Waals surface area contributed by atoms with E-state index in [1.165, 1.54) is 0 Å². The molecule has 2 rings (SSSR count). The minimum Gasteiger partial charge on any atom is -0.395 e. The van der Waals surface area contributed by atoms with Gasteiger partial charge in [-0.05, 0) is 37.2 Å². The minimum absolute atomic E-state index is 0.0295. The third-order valence-corrected chi connectivity index (χ3v) is 4.26. The molecule has 1 aromatic carbocycles. The molecule has 0 unspecified atom stereocenters. The van der Waals surface area contributed by atoms with Crippen LogP contribution in [0.25, 0.3) is 0 Å². The number of benzene rings is 1. The maximum atomic E-state index is 12.6. The molecule has 0 heterocycles. The summed E-state index contributed by atoms with van der Waals surface area (Å²) in [5.41, 5.74) is 1.12. The zero-order valence-corrected chi connectivity index (χ0v) is 12.3. The molecular formula is C17H25NO2. The standard InChI is InChI=1S/C17H25NO2/c1-14-7-9-16(10-8-14)17(20)18(11-12-19)13-15-5-3-2-4-6-15/h2-6,14,16,19H,7-13H2,1H3. The van der Waals surface area contributed by atoms with E-state index in [2.05, 4.69) is 6.92 Å². The normalized spacial score (nSPS) is 22.5. The van der Waals surface area contributed by atoms with Crippen molar-refractivity contribution >= 4 is 5.91 Å².